The van der Waals surface area contributed by atoms with Gasteiger partial charge in [0.2, 0.25) is 0 Å². The molecule has 1 aliphatic rings. The first kappa shape index (κ1) is 13.3. The van der Waals surface area contributed by atoms with Gasteiger partial charge in [-0.1, -0.05) is 24.1 Å². The second-order valence-electron chi connectivity index (χ2n) is 4.33. The molecule has 0 saturated heterocycles. The van der Waals surface area contributed by atoms with Crippen LogP contribution in [-0.2, 0) is 0 Å². The summed E-state index contributed by atoms with van der Waals surface area (Å²) < 4.78 is 5.66. The van der Waals surface area contributed by atoms with E-state index in [-0.39, 0.29) is 0 Å². The van der Waals surface area contributed by atoms with E-state index < -0.39 is 0 Å². The van der Waals surface area contributed by atoms with E-state index in [4.69, 9.17) is 11.2 Å². The van der Waals surface area contributed by atoms with Crippen LogP contribution in [0.4, 0.5) is 0 Å². The highest BCUT2D eigenvalue weighted by atomic mass is 32.2. The summed E-state index contributed by atoms with van der Waals surface area (Å²) in [6.45, 7) is 2.87. The Bertz CT molecular complexity index is 413. The average Bonchev–Trinajstić information content (AvgIpc) is 2.43. The standard InChI is InChI=1S/C15H19NOS/c1-2-10-18-11-8-16-12-13-7-9-17-15-6-4-3-5-14(13)15/h1,3-6,13,16H,7-12H2. The zero-order chi connectivity index (χ0) is 12.6. The van der Waals surface area contributed by atoms with Crippen molar-refractivity contribution in [3.63, 3.8) is 0 Å². The molecule has 1 aromatic carbocycles. The lowest BCUT2D eigenvalue weighted by Gasteiger charge is -2.26. The molecule has 1 N–H and O–H groups in total. The van der Waals surface area contributed by atoms with Gasteiger partial charge in [0, 0.05) is 24.8 Å². The second kappa shape index (κ2) is 7.35. The Hall–Kier alpha value is -1.11. The molecule has 3 heteroatoms. The van der Waals surface area contributed by atoms with Crippen molar-refractivity contribution in [2.45, 2.75) is 12.3 Å². The number of fused-ring (bicyclic) bond motifs is 1. The monoisotopic (exact) mass is 261 g/mol. The highest BCUT2D eigenvalue weighted by Crippen LogP contribution is 2.32. The van der Waals surface area contributed by atoms with Gasteiger partial charge in [-0.3, -0.25) is 0 Å². The lowest BCUT2D eigenvalue weighted by Crippen LogP contribution is -2.27. The van der Waals surface area contributed by atoms with Crippen LogP contribution >= 0.6 is 11.8 Å². The molecular weight excluding hydrogens is 242 g/mol. The molecule has 1 unspecified atom stereocenters. The Morgan fingerprint density at radius 2 is 2.33 bits per heavy atom. The third kappa shape index (κ3) is 3.69. The fraction of sp³-hybridized carbons (Fsp3) is 0.467. The van der Waals surface area contributed by atoms with Crippen molar-refractivity contribution >= 4 is 11.8 Å². The Balaban J connectivity index is 1.76. The highest BCUT2D eigenvalue weighted by Gasteiger charge is 2.20. The SMILES string of the molecule is C#CCSCCNCC1CCOc2ccccc21. The molecule has 0 fully saturated rings. The molecule has 1 aliphatic heterocycles. The van der Waals surface area contributed by atoms with Gasteiger partial charge in [0.15, 0.2) is 0 Å². The first-order valence-electron chi connectivity index (χ1n) is 6.35. The summed E-state index contributed by atoms with van der Waals surface area (Å²) in [5, 5.41) is 3.51. The number of benzene rings is 1. The molecule has 96 valence electrons. The zero-order valence-electron chi connectivity index (χ0n) is 10.5. The number of hydrogen-bond donors (Lipinski definition) is 1. The molecule has 1 heterocycles. The van der Waals surface area contributed by atoms with E-state index in [1.54, 1.807) is 11.8 Å². The minimum absolute atomic E-state index is 0.576. The number of nitrogens with one attached hydrogen (secondary N) is 1. The number of thioether (sulfide) groups is 1. The van der Waals surface area contributed by atoms with E-state index in [9.17, 15) is 0 Å². The predicted octanol–water partition coefficient (Wildman–Crippen LogP) is 2.51. The Labute approximate surface area is 113 Å². The van der Waals surface area contributed by atoms with Crippen LogP contribution in [0.5, 0.6) is 5.75 Å². The third-order valence-electron chi connectivity index (χ3n) is 3.08. The van der Waals surface area contributed by atoms with Crippen LogP contribution in [-0.4, -0.2) is 31.2 Å². The van der Waals surface area contributed by atoms with Crippen molar-refractivity contribution in [1.82, 2.24) is 5.32 Å². The maximum absolute atomic E-state index is 5.66. The van der Waals surface area contributed by atoms with E-state index >= 15 is 0 Å². The average molecular weight is 261 g/mol. The van der Waals surface area contributed by atoms with Crippen LogP contribution in [0.2, 0.25) is 0 Å². The molecule has 2 nitrogen and oxygen atoms in total. The molecule has 2 rings (SSSR count). The first-order chi connectivity index (χ1) is 8.92. The second-order valence-corrected chi connectivity index (χ2v) is 5.44. The molecule has 0 bridgehead atoms. The van der Waals surface area contributed by atoms with Gasteiger partial charge in [-0.15, -0.1) is 18.2 Å². The summed E-state index contributed by atoms with van der Waals surface area (Å²) in [4.78, 5) is 0. The summed E-state index contributed by atoms with van der Waals surface area (Å²) in [5.41, 5.74) is 1.34. The Kier molecular flexibility index (Phi) is 5.44. The van der Waals surface area contributed by atoms with E-state index in [0.717, 1.165) is 43.4 Å². The Morgan fingerprint density at radius 1 is 1.44 bits per heavy atom. The largest absolute Gasteiger partial charge is 0.493 e. The summed E-state index contributed by atoms with van der Waals surface area (Å²) in [5.74, 6) is 6.15. The van der Waals surface area contributed by atoms with E-state index in [1.807, 2.05) is 6.07 Å². The third-order valence-corrected chi connectivity index (χ3v) is 3.95. The van der Waals surface area contributed by atoms with Crippen LogP contribution in [0.3, 0.4) is 0 Å². The van der Waals surface area contributed by atoms with Crippen molar-refractivity contribution in [3.8, 4) is 18.1 Å². The molecule has 0 aliphatic carbocycles. The number of hydrogen-bond acceptors (Lipinski definition) is 3. The summed E-state index contributed by atoms with van der Waals surface area (Å²) in [6, 6.07) is 8.35. The molecule has 1 aromatic rings. The minimum Gasteiger partial charge on any atom is -0.493 e. The van der Waals surface area contributed by atoms with Crippen LogP contribution in [0.1, 0.15) is 17.9 Å². The maximum atomic E-state index is 5.66. The lowest BCUT2D eigenvalue weighted by molar-refractivity contribution is 0.265. The number of terminal acetylenes is 1. The van der Waals surface area contributed by atoms with Crippen molar-refractivity contribution < 1.29 is 4.74 Å². The van der Waals surface area contributed by atoms with Gasteiger partial charge < -0.3 is 10.1 Å². The van der Waals surface area contributed by atoms with Gasteiger partial charge in [0.05, 0.1) is 12.4 Å². The first-order valence-corrected chi connectivity index (χ1v) is 7.51. The molecule has 1 atom stereocenters. The fourth-order valence-electron chi connectivity index (χ4n) is 2.18. The molecule has 0 radical (unpaired) electrons. The van der Waals surface area contributed by atoms with E-state index in [1.165, 1.54) is 5.56 Å². The molecule has 0 amide bonds. The fourth-order valence-corrected chi connectivity index (χ4v) is 2.73. The highest BCUT2D eigenvalue weighted by molar-refractivity contribution is 7.99. The van der Waals surface area contributed by atoms with Crippen LogP contribution < -0.4 is 10.1 Å². The van der Waals surface area contributed by atoms with Crippen molar-refractivity contribution in [2.75, 3.05) is 31.2 Å². The predicted molar refractivity (Wildman–Crippen MR) is 78.3 cm³/mol. The van der Waals surface area contributed by atoms with Gasteiger partial charge in [0.25, 0.3) is 0 Å². The maximum Gasteiger partial charge on any atom is 0.122 e. The molecule has 0 aromatic heterocycles. The molecular formula is C15H19NOS. The lowest BCUT2D eigenvalue weighted by atomic mass is 9.93. The minimum atomic E-state index is 0.576. The van der Waals surface area contributed by atoms with E-state index in [2.05, 4.69) is 29.4 Å². The summed E-state index contributed by atoms with van der Waals surface area (Å²) in [6.07, 6.45) is 6.31. The van der Waals surface area contributed by atoms with Crippen LogP contribution in [0.25, 0.3) is 0 Å². The van der Waals surface area contributed by atoms with Gasteiger partial charge in [-0.2, -0.15) is 0 Å². The van der Waals surface area contributed by atoms with Crippen molar-refractivity contribution in [2.24, 2.45) is 0 Å². The van der Waals surface area contributed by atoms with Gasteiger partial charge in [0.1, 0.15) is 5.75 Å². The number of para-hydroxylation sites is 1. The van der Waals surface area contributed by atoms with Crippen LogP contribution in [0.15, 0.2) is 24.3 Å². The molecule has 18 heavy (non-hydrogen) atoms. The Morgan fingerprint density at radius 3 is 3.22 bits per heavy atom. The summed E-state index contributed by atoms with van der Waals surface area (Å²) >= 11 is 1.80. The van der Waals surface area contributed by atoms with Gasteiger partial charge in [-0.05, 0) is 18.1 Å². The van der Waals surface area contributed by atoms with Gasteiger partial charge >= 0.3 is 0 Å². The normalized spacial score (nSPS) is 17.6. The smallest absolute Gasteiger partial charge is 0.122 e. The number of rotatable bonds is 6. The topological polar surface area (TPSA) is 21.3 Å². The quantitative estimate of drug-likeness (QED) is 0.628. The van der Waals surface area contributed by atoms with Crippen molar-refractivity contribution in [3.05, 3.63) is 29.8 Å². The summed E-state index contributed by atoms with van der Waals surface area (Å²) in [7, 11) is 0. The van der Waals surface area contributed by atoms with E-state index in [0.29, 0.717) is 5.92 Å². The van der Waals surface area contributed by atoms with Crippen LogP contribution in [0, 0.1) is 12.3 Å². The zero-order valence-corrected chi connectivity index (χ0v) is 11.3. The molecule has 0 spiro atoms. The number of ether oxygens (including phenoxy) is 1. The molecule has 0 saturated carbocycles. The van der Waals surface area contributed by atoms with Gasteiger partial charge in [-0.25, -0.2) is 0 Å². The van der Waals surface area contributed by atoms with Crippen molar-refractivity contribution in [1.29, 1.82) is 0 Å².